The molecule has 1 aliphatic heterocycles. The highest BCUT2D eigenvalue weighted by atomic mass is 16.6. The molecule has 1 aromatic carbocycles. The number of non-ortho nitro benzene ring substituents is 1. The zero-order valence-electron chi connectivity index (χ0n) is 13.8. The minimum Gasteiger partial charge on any atom is -0.471 e. The fourth-order valence-corrected chi connectivity index (χ4v) is 2.69. The van der Waals surface area contributed by atoms with Crippen LogP contribution >= 0.6 is 0 Å². The number of aryl methyl sites for hydroxylation is 1. The molecule has 8 heteroatoms. The van der Waals surface area contributed by atoms with Crippen molar-refractivity contribution in [1.82, 2.24) is 15.1 Å². The topological polar surface area (TPSA) is 98.5 Å². The summed E-state index contributed by atoms with van der Waals surface area (Å²) < 4.78 is 5.76. The van der Waals surface area contributed by atoms with Crippen molar-refractivity contribution in [2.75, 3.05) is 13.1 Å². The summed E-state index contributed by atoms with van der Waals surface area (Å²) in [5.41, 5.74) is 1.59. The van der Waals surface area contributed by atoms with E-state index in [0.29, 0.717) is 19.0 Å². The zero-order chi connectivity index (χ0) is 17.8. The minimum atomic E-state index is -0.456. The number of benzene rings is 1. The standard InChI is InChI=1S/C17H18N4O4/c1-12-2-7-16(19-18-12)25-15-8-9-20(11-15)17(22)10-13-3-5-14(6-4-13)21(23)24/h2-7,15H,8-11H2,1H3. The van der Waals surface area contributed by atoms with Crippen molar-refractivity contribution in [2.24, 2.45) is 0 Å². The van der Waals surface area contributed by atoms with Gasteiger partial charge in [-0.2, -0.15) is 5.10 Å². The van der Waals surface area contributed by atoms with E-state index in [0.717, 1.165) is 17.7 Å². The molecular weight excluding hydrogens is 324 g/mol. The normalized spacial score (nSPS) is 16.7. The molecule has 1 amide bonds. The summed E-state index contributed by atoms with van der Waals surface area (Å²) >= 11 is 0. The number of ether oxygens (including phenoxy) is 1. The molecule has 0 N–H and O–H groups in total. The number of carbonyl (C=O) groups excluding carboxylic acids is 1. The molecule has 130 valence electrons. The fraction of sp³-hybridized carbons (Fsp3) is 0.353. The molecule has 3 rings (SSSR count). The van der Waals surface area contributed by atoms with Gasteiger partial charge in [-0.05, 0) is 18.6 Å². The summed E-state index contributed by atoms with van der Waals surface area (Å²) in [5.74, 6) is 0.440. The first-order chi connectivity index (χ1) is 12.0. The second-order valence-electron chi connectivity index (χ2n) is 5.98. The van der Waals surface area contributed by atoms with Crippen molar-refractivity contribution in [2.45, 2.75) is 25.9 Å². The molecule has 8 nitrogen and oxygen atoms in total. The van der Waals surface area contributed by atoms with E-state index < -0.39 is 4.92 Å². The molecule has 0 bridgehead atoms. The van der Waals surface area contributed by atoms with Crippen LogP contribution in [0.15, 0.2) is 36.4 Å². The number of amides is 1. The maximum Gasteiger partial charge on any atom is 0.269 e. The Balaban J connectivity index is 1.53. The number of hydrogen-bond acceptors (Lipinski definition) is 6. The van der Waals surface area contributed by atoms with E-state index in [1.54, 1.807) is 23.1 Å². The van der Waals surface area contributed by atoms with Crippen LogP contribution in [0.2, 0.25) is 0 Å². The summed E-state index contributed by atoms with van der Waals surface area (Å²) in [5, 5.41) is 18.6. The summed E-state index contributed by atoms with van der Waals surface area (Å²) in [6.07, 6.45) is 0.856. The van der Waals surface area contributed by atoms with Crippen molar-refractivity contribution < 1.29 is 14.5 Å². The lowest BCUT2D eigenvalue weighted by atomic mass is 10.1. The number of carbonyl (C=O) groups is 1. The van der Waals surface area contributed by atoms with Crippen LogP contribution < -0.4 is 4.74 Å². The molecule has 0 spiro atoms. The van der Waals surface area contributed by atoms with Crippen molar-refractivity contribution in [3.63, 3.8) is 0 Å². The van der Waals surface area contributed by atoms with Gasteiger partial charge in [0.2, 0.25) is 11.8 Å². The molecule has 1 fully saturated rings. The Morgan fingerprint density at radius 1 is 1.28 bits per heavy atom. The van der Waals surface area contributed by atoms with E-state index in [1.807, 2.05) is 13.0 Å². The van der Waals surface area contributed by atoms with E-state index >= 15 is 0 Å². The van der Waals surface area contributed by atoms with Crippen LogP contribution in [-0.4, -0.2) is 45.1 Å². The van der Waals surface area contributed by atoms with Gasteiger partial charge in [-0.1, -0.05) is 12.1 Å². The molecular formula is C17H18N4O4. The Kier molecular flexibility index (Phi) is 4.87. The number of rotatable bonds is 5. The lowest BCUT2D eigenvalue weighted by molar-refractivity contribution is -0.384. The predicted octanol–water partition coefficient (Wildman–Crippen LogP) is 1.92. The average molecular weight is 342 g/mol. The molecule has 1 atom stereocenters. The first-order valence-corrected chi connectivity index (χ1v) is 7.99. The summed E-state index contributed by atoms with van der Waals surface area (Å²) in [7, 11) is 0. The van der Waals surface area contributed by atoms with Gasteiger partial charge in [-0.15, -0.1) is 5.10 Å². The molecule has 25 heavy (non-hydrogen) atoms. The number of nitro groups is 1. The van der Waals surface area contributed by atoms with Gasteiger partial charge in [0.25, 0.3) is 5.69 Å². The fourth-order valence-electron chi connectivity index (χ4n) is 2.69. The molecule has 1 aromatic heterocycles. The molecule has 0 radical (unpaired) electrons. The first-order valence-electron chi connectivity index (χ1n) is 7.99. The second kappa shape index (κ2) is 7.25. The quantitative estimate of drug-likeness (QED) is 0.608. The Hall–Kier alpha value is -3.03. The van der Waals surface area contributed by atoms with Crippen LogP contribution in [-0.2, 0) is 11.2 Å². The van der Waals surface area contributed by atoms with Gasteiger partial charge in [0.1, 0.15) is 6.10 Å². The highest BCUT2D eigenvalue weighted by molar-refractivity contribution is 5.79. The van der Waals surface area contributed by atoms with Gasteiger partial charge in [-0.3, -0.25) is 14.9 Å². The number of likely N-dealkylation sites (tertiary alicyclic amines) is 1. The monoisotopic (exact) mass is 342 g/mol. The van der Waals surface area contributed by atoms with Crippen LogP contribution in [0.1, 0.15) is 17.7 Å². The predicted molar refractivity (Wildman–Crippen MR) is 89.2 cm³/mol. The number of nitrogens with zero attached hydrogens (tertiary/aromatic N) is 4. The Morgan fingerprint density at radius 3 is 2.68 bits per heavy atom. The van der Waals surface area contributed by atoms with E-state index in [-0.39, 0.29) is 24.1 Å². The van der Waals surface area contributed by atoms with Gasteiger partial charge in [0.05, 0.1) is 23.6 Å². The van der Waals surface area contributed by atoms with Crippen LogP contribution in [0.3, 0.4) is 0 Å². The summed E-state index contributed by atoms with van der Waals surface area (Å²) in [6.45, 7) is 2.97. The highest BCUT2D eigenvalue weighted by Gasteiger charge is 2.28. The van der Waals surface area contributed by atoms with Crippen LogP contribution in [0.5, 0.6) is 5.88 Å². The second-order valence-corrected chi connectivity index (χ2v) is 5.98. The molecule has 2 heterocycles. The number of hydrogen-bond donors (Lipinski definition) is 0. The number of aromatic nitrogens is 2. The smallest absolute Gasteiger partial charge is 0.269 e. The molecule has 0 aliphatic carbocycles. The highest BCUT2D eigenvalue weighted by Crippen LogP contribution is 2.18. The molecule has 1 saturated heterocycles. The Morgan fingerprint density at radius 2 is 2.04 bits per heavy atom. The van der Waals surface area contributed by atoms with Gasteiger partial charge < -0.3 is 9.64 Å². The number of nitro benzene ring substituents is 1. The molecule has 1 aliphatic rings. The molecule has 0 saturated carbocycles. The van der Waals surface area contributed by atoms with Crippen molar-refractivity contribution in [3.8, 4) is 5.88 Å². The van der Waals surface area contributed by atoms with Gasteiger partial charge in [-0.25, -0.2) is 0 Å². The Labute approximate surface area is 144 Å². The first kappa shape index (κ1) is 16.8. The van der Waals surface area contributed by atoms with Crippen molar-refractivity contribution in [3.05, 3.63) is 57.8 Å². The largest absolute Gasteiger partial charge is 0.471 e. The van der Waals surface area contributed by atoms with Crippen molar-refractivity contribution >= 4 is 11.6 Å². The van der Waals surface area contributed by atoms with Gasteiger partial charge in [0.15, 0.2) is 0 Å². The summed E-state index contributed by atoms with van der Waals surface area (Å²) in [4.78, 5) is 24.3. The van der Waals surface area contributed by atoms with E-state index in [2.05, 4.69) is 10.2 Å². The van der Waals surface area contributed by atoms with Crippen LogP contribution in [0.25, 0.3) is 0 Å². The van der Waals surface area contributed by atoms with E-state index in [1.165, 1.54) is 12.1 Å². The zero-order valence-corrected chi connectivity index (χ0v) is 13.8. The van der Waals surface area contributed by atoms with E-state index in [4.69, 9.17) is 4.74 Å². The maximum absolute atomic E-state index is 12.4. The Bertz CT molecular complexity index is 761. The van der Waals surface area contributed by atoms with Gasteiger partial charge >= 0.3 is 0 Å². The SMILES string of the molecule is Cc1ccc(OC2CCN(C(=O)Cc3ccc([N+](=O)[O-])cc3)C2)nn1. The molecule has 2 aromatic rings. The third-order valence-electron chi connectivity index (χ3n) is 4.06. The summed E-state index contributed by atoms with van der Waals surface area (Å²) in [6, 6.07) is 9.64. The lowest BCUT2D eigenvalue weighted by Gasteiger charge is -2.17. The van der Waals surface area contributed by atoms with Crippen LogP contribution in [0, 0.1) is 17.0 Å². The van der Waals surface area contributed by atoms with Crippen molar-refractivity contribution in [1.29, 1.82) is 0 Å². The maximum atomic E-state index is 12.4. The third-order valence-corrected chi connectivity index (χ3v) is 4.06. The third kappa shape index (κ3) is 4.28. The van der Waals surface area contributed by atoms with Crippen LogP contribution in [0.4, 0.5) is 5.69 Å². The minimum absolute atomic E-state index is 0.0186. The molecule has 1 unspecified atom stereocenters. The lowest BCUT2D eigenvalue weighted by Crippen LogP contribution is -2.32. The average Bonchev–Trinajstić information content (AvgIpc) is 3.06. The van der Waals surface area contributed by atoms with E-state index in [9.17, 15) is 14.9 Å². The van der Waals surface area contributed by atoms with Gasteiger partial charge in [0, 0.05) is 31.2 Å².